The summed E-state index contributed by atoms with van der Waals surface area (Å²) in [6.07, 6.45) is 0. The van der Waals surface area contributed by atoms with Crippen molar-refractivity contribution in [3.05, 3.63) is 42.0 Å². The van der Waals surface area contributed by atoms with E-state index in [1.165, 1.54) is 7.11 Å². The van der Waals surface area contributed by atoms with Gasteiger partial charge in [-0.25, -0.2) is 14.8 Å². The number of nitrogens with zero attached hydrogens (tertiary/aromatic N) is 4. The van der Waals surface area contributed by atoms with Crippen LogP contribution in [0.2, 0.25) is 0 Å². The van der Waals surface area contributed by atoms with E-state index in [2.05, 4.69) is 20.2 Å². The Labute approximate surface area is 186 Å². The summed E-state index contributed by atoms with van der Waals surface area (Å²) in [6, 6.07) is 11.3. The van der Waals surface area contributed by atoms with E-state index in [0.717, 1.165) is 28.3 Å². The van der Waals surface area contributed by atoms with Gasteiger partial charge in [-0.15, -0.1) is 0 Å². The van der Waals surface area contributed by atoms with E-state index in [1.54, 1.807) is 19.1 Å². The molecule has 0 aliphatic carbocycles. The van der Waals surface area contributed by atoms with Crippen LogP contribution in [-0.4, -0.2) is 68.4 Å². The zero-order chi connectivity index (χ0) is 22.7. The van der Waals surface area contributed by atoms with E-state index in [9.17, 15) is 4.79 Å². The number of nitrogens with one attached hydrogen (secondary N) is 1. The number of urea groups is 1. The van der Waals surface area contributed by atoms with E-state index < -0.39 is 0 Å². The highest BCUT2D eigenvalue weighted by Crippen LogP contribution is 2.29. The van der Waals surface area contributed by atoms with Gasteiger partial charge in [0, 0.05) is 50.1 Å². The molecule has 0 radical (unpaired) electrons. The van der Waals surface area contributed by atoms with Crippen molar-refractivity contribution < 1.29 is 19.0 Å². The zero-order valence-corrected chi connectivity index (χ0v) is 18.7. The van der Waals surface area contributed by atoms with E-state index in [4.69, 9.17) is 14.2 Å². The number of aryl methyl sites for hydroxylation is 1. The second kappa shape index (κ2) is 9.17. The fourth-order valence-corrected chi connectivity index (χ4v) is 3.69. The topological polar surface area (TPSA) is 89.1 Å². The van der Waals surface area contributed by atoms with Crippen LogP contribution in [0.15, 0.2) is 36.4 Å². The van der Waals surface area contributed by atoms with Gasteiger partial charge in [-0.05, 0) is 24.6 Å². The number of carbonyl (C=O) groups is 1. The molecule has 1 fully saturated rings. The Morgan fingerprint density at radius 1 is 0.875 bits per heavy atom. The van der Waals surface area contributed by atoms with Gasteiger partial charge in [0.15, 0.2) is 5.82 Å². The first-order chi connectivity index (χ1) is 15.5. The molecule has 1 saturated heterocycles. The van der Waals surface area contributed by atoms with Crippen molar-refractivity contribution in [3.8, 4) is 17.4 Å². The van der Waals surface area contributed by atoms with Gasteiger partial charge in [0.25, 0.3) is 5.88 Å². The largest absolute Gasteiger partial charge is 0.497 e. The van der Waals surface area contributed by atoms with Crippen molar-refractivity contribution >= 4 is 28.6 Å². The number of hydrogen-bond donors (Lipinski definition) is 1. The molecule has 0 atom stereocenters. The van der Waals surface area contributed by atoms with E-state index in [0.29, 0.717) is 43.4 Å². The predicted molar refractivity (Wildman–Crippen MR) is 123 cm³/mol. The molecule has 0 saturated carbocycles. The molecule has 1 aliphatic rings. The highest BCUT2D eigenvalue weighted by atomic mass is 16.5. The number of rotatable bonds is 5. The summed E-state index contributed by atoms with van der Waals surface area (Å²) in [5.74, 6) is 2.07. The molecule has 2 heterocycles. The maximum atomic E-state index is 12.9. The van der Waals surface area contributed by atoms with Crippen LogP contribution in [0.1, 0.15) is 5.56 Å². The molecule has 2 amide bonds. The van der Waals surface area contributed by atoms with Crippen molar-refractivity contribution in [1.82, 2.24) is 14.9 Å². The minimum atomic E-state index is -0.230. The van der Waals surface area contributed by atoms with E-state index in [1.807, 2.05) is 43.3 Å². The summed E-state index contributed by atoms with van der Waals surface area (Å²) < 4.78 is 16.1. The quantitative estimate of drug-likeness (QED) is 0.655. The van der Waals surface area contributed by atoms with Crippen LogP contribution in [0.5, 0.6) is 17.4 Å². The van der Waals surface area contributed by atoms with E-state index >= 15 is 0 Å². The van der Waals surface area contributed by atoms with Gasteiger partial charge >= 0.3 is 6.03 Å². The van der Waals surface area contributed by atoms with Crippen LogP contribution in [0.4, 0.5) is 16.3 Å². The summed E-state index contributed by atoms with van der Waals surface area (Å²) in [7, 11) is 4.78. The van der Waals surface area contributed by atoms with Gasteiger partial charge in [-0.2, -0.15) is 0 Å². The average Bonchev–Trinajstić information content (AvgIpc) is 2.83. The Balaban J connectivity index is 1.45. The normalized spacial score (nSPS) is 13.8. The number of carbonyl (C=O) groups excluding carboxylic acids is 1. The van der Waals surface area contributed by atoms with Gasteiger partial charge in [-0.3, -0.25) is 5.32 Å². The molecule has 0 spiro atoms. The molecule has 1 aromatic heterocycles. The highest BCUT2D eigenvalue weighted by Gasteiger charge is 2.24. The van der Waals surface area contributed by atoms with Gasteiger partial charge in [0.05, 0.1) is 32.4 Å². The SMILES string of the molecule is COc1cc(OC)cc(N2CCN(C(=O)Nc3nc4ccc(C)cc4nc3OC)CC2)c1. The Kier molecular flexibility index (Phi) is 6.16. The predicted octanol–water partition coefficient (Wildman–Crippen LogP) is 3.32. The molecule has 2 aromatic carbocycles. The summed E-state index contributed by atoms with van der Waals surface area (Å²) in [5, 5.41) is 2.86. The van der Waals surface area contributed by atoms with Crippen molar-refractivity contribution in [2.45, 2.75) is 6.92 Å². The first-order valence-corrected chi connectivity index (χ1v) is 10.4. The molecule has 9 heteroatoms. The number of benzene rings is 2. The summed E-state index contributed by atoms with van der Waals surface area (Å²) >= 11 is 0. The lowest BCUT2D eigenvalue weighted by molar-refractivity contribution is 0.208. The van der Waals surface area contributed by atoms with Gasteiger partial charge in [0.2, 0.25) is 0 Å². The second-order valence-electron chi connectivity index (χ2n) is 7.55. The van der Waals surface area contributed by atoms with Gasteiger partial charge in [0.1, 0.15) is 11.5 Å². The molecule has 4 rings (SSSR count). The molecule has 32 heavy (non-hydrogen) atoms. The van der Waals surface area contributed by atoms with Crippen molar-refractivity contribution in [2.75, 3.05) is 57.7 Å². The van der Waals surface area contributed by atoms with Crippen molar-refractivity contribution in [1.29, 1.82) is 0 Å². The van der Waals surface area contributed by atoms with Gasteiger partial charge < -0.3 is 24.0 Å². The van der Waals surface area contributed by atoms with E-state index in [-0.39, 0.29) is 6.03 Å². The van der Waals surface area contributed by atoms with Crippen LogP contribution in [-0.2, 0) is 0 Å². The Hall–Kier alpha value is -3.75. The van der Waals surface area contributed by atoms with Crippen molar-refractivity contribution in [3.63, 3.8) is 0 Å². The zero-order valence-electron chi connectivity index (χ0n) is 18.7. The molecule has 9 nitrogen and oxygen atoms in total. The lowest BCUT2D eigenvalue weighted by Crippen LogP contribution is -2.50. The minimum Gasteiger partial charge on any atom is -0.497 e. The lowest BCUT2D eigenvalue weighted by atomic mass is 10.2. The van der Waals surface area contributed by atoms with Crippen LogP contribution >= 0.6 is 0 Å². The first-order valence-electron chi connectivity index (χ1n) is 10.4. The number of piperazine rings is 1. The molecule has 168 valence electrons. The molecule has 1 N–H and O–H groups in total. The number of aromatic nitrogens is 2. The number of hydrogen-bond acceptors (Lipinski definition) is 7. The average molecular weight is 438 g/mol. The standard InChI is InChI=1S/C23H27N5O4/c1-15-5-6-19-20(11-15)25-22(32-4)21(24-19)26-23(29)28-9-7-27(8-10-28)16-12-17(30-2)14-18(13-16)31-3/h5-6,11-14H,7-10H2,1-4H3,(H,24,26,29). The molecule has 0 unspecified atom stereocenters. The molecule has 1 aliphatic heterocycles. The number of ether oxygens (including phenoxy) is 3. The van der Waals surface area contributed by atoms with Crippen LogP contribution in [0.3, 0.4) is 0 Å². The molecule has 3 aromatic rings. The summed E-state index contributed by atoms with van der Waals surface area (Å²) in [4.78, 5) is 25.9. The fraction of sp³-hybridized carbons (Fsp3) is 0.348. The third kappa shape index (κ3) is 4.46. The Bertz CT molecular complexity index is 1110. The third-order valence-electron chi connectivity index (χ3n) is 5.47. The maximum Gasteiger partial charge on any atom is 0.323 e. The highest BCUT2D eigenvalue weighted by molar-refractivity contribution is 5.91. The number of fused-ring (bicyclic) bond motifs is 1. The van der Waals surface area contributed by atoms with Crippen LogP contribution in [0.25, 0.3) is 11.0 Å². The number of amides is 2. The van der Waals surface area contributed by atoms with Gasteiger partial charge in [-0.1, -0.05) is 6.07 Å². The van der Waals surface area contributed by atoms with Crippen molar-refractivity contribution in [2.24, 2.45) is 0 Å². The monoisotopic (exact) mass is 437 g/mol. The number of methoxy groups -OCH3 is 3. The Morgan fingerprint density at radius 2 is 1.56 bits per heavy atom. The lowest BCUT2D eigenvalue weighted by Gasteiger charge is -2.36. The van der Waals surface area contributed by atoms with Crippen LogP contribution < -0.4 is 24.4 Å². The van der Waals surface area contributed by atoms with Crippen LogP contribution in [0, 0.1) is 6.92 Å². The smallest absolute Gasteiger partial charge is 0.323 e. The molecular weight excluding hydrogens is 410 g/mol. The first kappa shape index (κ1) is 21.5. The molecular formula is C23H27N5O4. The minimum absolute atomic E-state index is 0.230. The molecule has 0 bridgehead atoms. The second-order valence-corrected chi connectivity index (χ2v) is 7.55. The summed E-state index contributed by atoms with van der Waals surface area (Å²) in [6.45, 7) is 4.49. The number of anilines is 2. The maximum absolute atomic E-state index is 12.9. The fourth-order valence-electron chi connectivity index (χ4n) is 3.69. The summed E-state index contributed by atoms with van der Waals surface area (Å²) in [5.41, 5.74) is 3.50. The Morgan fingerprint density at radius 3 is 2.19 bits per heavy atom. The third-order valence-corrected chi connectivity index (χ3v) is 5.47.